The molecule has 6 heteroatoms. The van der Waals surface area contributed by atoms with Crippen molar-refractivity contribution in [3.63, 3.8) is 0 Å². The van der Waals surface area contributed by atoms with Crippen LogP contribution in [0.15, 0.2) is 42.5 Å². The molecule has 29 heavy (non-hydrogen) atoms. The molecule has 0 fully saturated rings. The van der Waals surface area contributed by atoms with Gasteiger partial charge in [-0.25, -0.2) is 4.90 Å². The maximum atomic E-state index is 13.5. The first kappa shape index (κ1) is 20.5. The Kier molecular flexibility index (Phi) is 5.92. The molecule has 1 atom stereocenters. The Labute approximate surface area is 170 Å². The van der Waals surface area contributed by atoms with Crippen LogP contribution < -0.4 is 19.1 Å². The highest BCUT2D eigenvalue weighted by atomic mass is 16.5. The van der Waals surface area contributed by atoms with Crippen LogP contribution in [0.1, 0.15) is 36.7 Å². The first-order valence-corrected chi connectivity index (χ1v) is 9.45. The van der Waals surface area contributed by atoms with Gasteiger partial charge in [0.05, 0.1) is 25.5 Å². The minimum absolute atomic E-state index is 0.109. The van der Waals surface area contributed by atoms with E-state index < -0.39 is 17.9 Å². The maximum absolute atomic E-state index is 13.5. The number of para-hydroxylation sites is 1. The van der Waals surface area contributed by atoms with Crippen molar-refractivity contribution >= 4 is 23.6 Å². The van der Waals surface area contributed by atoms with Crippen molar-refractivity contribution < 1.29 is 23.8 Å². The lowest BCUT2D eigenvalue weighted by Gasteiger charge is -2.35. The molecule has 0 aromatic heterocycles. The molecule has 6 nitrogen and oxygen atoms in total. The number of carbonyl (C=O) groups is 2. The second-order valence-corrected chi connectivity index (χ2v) is 7.02. The number of nitrogens with zero attached hydrogens (tertiary/aromatic N) is 1. The number of anilines is 1. The summed E-state index contributed by atoms with van der Waals surface area (Å²) in [6, 6.07) is 10.3. The van der Waals surface area contributed by atoms with Gasteiger partial charge in [-0.2, -0.15) is 0 Å². The van der Waals surface area contributed by atoms with Crippen molar-refractivity contribution in [1.82, 2.24) is 0 Å². The van der Waals surface area contributed by atoms with Crippen molar-refractivity contribution in [2.24, 2.45) is 5.92 Å². The Hall–Kier alpha value is -3.28. The largest absolute Gasteiger partial charge is 0.497 e. The zero-order valence-corrected chi connectivity index (χ0v) is 17.3. The van der Waals surface area contributed by atoms with Gasteiger partial charge in [0.25, 0.3) is 11.8 Å². The van der Waals surface area contributed by atoms with E-state index in [1.807, 2.05) is 39.0 Å². The average molecular weight is 395 g/mol. The molecule has 0 saturated carbocycles. The average Bonchev–Trinajstić information content (AvgIpc) is 2.72. The van der Waals surface area contributed by atoms with Gasteiger partial charge in [-0.05, 0) is 31.0 Å². The van der Waals surface area contributed by atoms with Gasteiger partial charge in [-0.15, -0.1) is 0 Å². The molecule has 0 spiro atoms. The SMILES string of the molecule is C/C=C\c1cccc2c1OC(C(C)C)C(=O)N2C(=O)c1ccc(OC)cc1OC. The number of allylic oxidation sites excluding steroid dienone is 1. The Bertz CT molecular complexity index is 964. The predicted molar refractivity (Wildman–Crippen MR) is 112 cm³/mol. The number of methoxy groups -OCH3 is 2. The molecule has 152 valence electrons. The summed E-state index contributed by atoms with van der Waals surface area (Å²) in [4.78, 5) is 27.9. The highest BCUT2D eigenvalue weighted by Crippen LogP contribution is 2.40. The lowest BCUT2D eigenvalue weighted by molar-refractivity contribution is -0.127. The molecule has 0 saturated heterocycles. The molecule has 2 aromatic carbocycles. The smallest absolute Gasteiger partial charge is 0.275 e. The molecule has 1 aliphatic heterocycles. The third-order valence-electron chi connectivity index (χ3n) is 4.77. The van der Waals surface area contributed by atoms with Crippen molar-refractivity contribution in [2.75, 3.05) is 19.1 Å². The van der Waals surface area contributed by atoms with Gasteiger partial charge in [0.15, 0.2) is 11.9 Å². The molecule has 2 amide bonds. The van der Waals surface area contributed by atoms with Gasteiger partial charge in [0, 0.05) is 11.6 Å². The van der Waals surface area contributed by atoms with Crippen LogP contribution in [0.25, 0.3) is 6.08 Å². The number of hydrogen-bond donors (Lipinski definition) is 0. The molecule has 1 aliphatic rings. The lowest BCUT2D eigenvalue weighted by Crippen LogP contribution is -2.51. The molecule has 1 heterocycles. The van der Waals surface area contributed by atoms with Crippen LogP contribution >= 0.6 is 0 Å². The van der Waals surface area contributed by atoms with Gasteiger partial charge in [-0.1, -0.05) is 38.1 Å². The van der Waals surface area contributed by atoms with Crippen LogP contribution in [-0.4, -0.2) is 32.1 Å². The van der Waals surface area contributed by atoms with Gasteiger partial charge >= 0.3 is 0 Å². The van der Waals surface area contributed by atoms with E-state index in [0.29, 0.717) is 22.9 Å². The van der Waals surface area contributed by atoms with Gasteiger partial charge in [0.2, 0.25) is 0 Å². The third kappa shape index (κ3) is 3.70. The monoisotopic (exact) mass is 395 g/mol. The molecule has 3 rings (SSSR count). The summed E-state index contributed by atoms with van der Waals surface area (Å²) >= 11 is 0. The molecular formula is C23H25NO5. The van der Waals surface area contributed by atoms with Gasteiger partial charge in [0.1, 0.15) is 11.5 Å². The number of hydrogen-bond acceptors (Lipinski definition) is 5. The normalized spacial score (nSPS) is 16.0. The fraction of sp³-hybridized carbons (Fsp3) is 0.304. The Morgan fingerprint density at radius 1 is 1.17 bits per heavy atom. The molecule has 0 radical (unpaired) electrons. The summed E-state index contributed by atoms with van der Waals surface area (Å²) in [6.07, 6.45) is 3.02. The van der Waals surface area contributed by atoms with Gasteiger partial charge < -0.3 is 14.2 Å². The third-order valence-corrected chi connectivity index (χ3v) is 4.77. The number of imide groups is 1. The highest BCUT2D eigenvalue weighted by Gasteiger charge is 2.41. The van der Waals surface area contributed by atoms with Crippen LogP contribution in [0.3, 0.4) is 0 Å². The van der Waals surface area contributed by atoms with Crippen LogP contribution in [0.5, 0.6) is 17.2 Å². The standard InChI is InChI=1S/C23H25NO5/c1-6-8-15-9-7-10-18-21(15)29-20(14(2)3)23(26)24(18)22(25)17-12-11-16(27-4)13-19(17)28-5/h6-14,20H,1-5H3/b8-6-. The van der Waals surface area contributed by atoms with Crippen LogP contribution in [0.4, 0.5) is 5.69 Å². The molecule has 1 unspecified atom stereocenters. The van der Waals surface area contributed by atoms with E-state index in [-0.39, 0.29) is 11.5 Å². The highest BCUT2D eigenvalue weighted by molar-refractivity contribution is 6.24. The fourth-order valence-electron chi connectivity index (χ4n) is 3.31. The van der Waals surface area contributed by atoms with E-state index in [0.717, 1.165) is 5.56 Å². The number of fused-ring (bicyclic) bond motifs is 1. The number of amides is 2. The first-order valence-electron chi connectivity index (χ1n) is 9.45. The maximum Gasteiger partial charge on any atom is 0.275 e. The van der Waals surface area contributed by atoms with Crippen molar-refractivity contribution in [2.45, 2.75) is 26.9 Å². The van der Waals surface area contributed by atoms with E-state index in [9.17, 15) is 9.59 Å². The van der Waals surface area contributed by atoms with Gasteiger partial charge in [-0.3, -0.25) is 9.59 Å². The topological polar surface area (TPSA) is 65.1 Å². The second kappa shape index (κ2) is 8.39. The molecule has 0 bridgehead atoms. The van der Waals surface area contributed by atoms with Crippen molar-refractivity contribution in [3.05, 3.63) is 53.6 Å². The number of benzene rings is 2. The minimum Gasteiger partial charge on any atom is -0.497 e. The zero-order valence-electron chi connectivity index (χ0n) is 17.3. The number of carbonyl (C=O) groups excluding carboxylic acids is 2. The van der Waals surface area contributed by atoms with Crippen LogP contribution in [0.2, 0.25) is 0 Å². The van der Waals surface area contributed by atoms with E-state index in [4.69, 9.17) is 14.2 Å². The van der Waals surface area contributed by atoms with Crippen LogP contribution in [0, 0.1) is 5.92 Å². The molecular weight excluding hydrogens is 370 g/mol. The van der Waals surface area contributed by atoms with E-state index in [2.05, 4.69) is 0 Å². The van der Waals surface area contributed by atoms with Crippen molar-refractivity contribution in [1.29, 1.82) is 0 Å². The van der Waals surface area contributed by atoms with Crippen LogP contribution in [-0.2, 0) is 4.79 Å². The summed E-state index contributed by atoms with van der Waals surface area (Å²) in [5.74, 6) is 0.436. The molecule has 0 N–H and O–H groups in total. The Balaban J connectivity index is 2.16. The number of rotatable bonds is 5. The van der Waals surface area contributed by atoms with E-state index in [1.54, 1.807) is 30.3 Å². The second-order valence-electron chi connectivity index (χ2n) is 7.02. The summed E-state index contributed by atoms with van der Waals surface area (Å²) in [7, 11) is 3.01. The Morgan fingerprint density at radius 3 is 2.55 bits per heavy atom. The molecule has 2 aromatic rings. The fourth-order valence-corrected chi connectivity index (χ4v) is 3.31. The summed E-state index contributed by atoms with van der Waals surface area (Å²) in [6.45, 7) is 5.68. The van der Waals surface area contributed by atoms with E-state index in [1.165, 1.54) is 19.1 Å². The van der Waals surface area contributed by atoms with Crippen molar-refractivity contribution in [3.8, 4) is 17.2 Å². The quantitative estimate of drug-likeness (QED) is 0.705. The lowest BCUT2D eigenvalue weighted by atomic mass is 10.0. The zero-order chi connectivity index (χ0) is 21.1. The Morgan fingerprint density at radius 2 is 1.93 bits per heavy atom. The van der Waals surface area contributed by atoms with E-state index >= 15 is 0 Å². The summed E-state index contributed by atoms with van der Waals surface area (Å²) in [5.41, 5.74) is 1.50. The predicted octanol–water partition coefficient (Wildman–Crippen LogP) is 4.33. The summed E-state index contributed by atoms with van der Waals surface area (Å²) in [5, 5.41) is 0. The first-order chi connectivity index (χ1) is 13.9. The summed E-state index contributed by atoms with van der Waals surface area (Å²) < 4.78 is 16.6. The minimum atomic E-state index is -0.762. The number of ether oxygens (including phenoxy) is 3. The molecule has 0 aliphatic carbocycles.